The van der Waals surface area contributed by atoms with Crippen LogP contribution >= 0.6 is 15.9 Å². The van der Waals surface area contributed by atoms with E-state index in [4.69, 9.17) is 14.2 Å². The van der Waals surface area contributed by atoms with Gasteiger partial charge in [0.05, 0.1) is 30.4 Å². The highest BCUT2D eigenvalue weighted by molar-refractivity contribution is 9.10. The van der Waals surface area contributed by atoms with Gasteiger partial charge < -0.3 is 19.3 Å². The molecule has 5 nitrogen and oxygen atoms in total. The lowest BCUT2D eigenvalue weighted by Gasteiger charge is -2.40. The maximum atomic E-state index is 11.9. The summed E-state index contributed by atoms with van der Waals surface area (Å²) in [4.78, 5) is 11.9. The van der Waals surface area contributed by atoms with Gasteiger partial charge in [0.15, 0.2) is 11.5 Å². The van der Waals surface area contributed by atoms with Gasteiger partial charge in [0, 0.05) is 12.5 Å². The third-order valence-corrected chi connectivity index (χ3v) is 4.83. The molecule has 1 saturated carbocycles. The van der Waals surface area contributed by atoms with Gasteiger partial charge in [-0.2, -0.15) is 0 Å². The molecule has 0 amide bonds. The maximum absolute atomic E-state index is 11.9. The quantitative estimate of drug-likeness (QED) is 0.901. The summed E-state index contributed by atoms with van der Waals surface area (Å²) >= 11 is 3.45. The van der Waals surface area contributed by atoms with Crippen molar-refractivity contribution in [2.24, 2.45) is 0 Å². The van der Waals surface area contributed by atoms with Crippen LogP contribution in [0.1, 0.15) is 31.2 Å². The number of carbonyl (C=O) groups is 1. The highest BCUT2D eigenvalue weighted by Crippen LogP contribution is 2.56. The number of benzene rings is 1. The molecule has 0 unspecified atom stereocenters. The van der Waals surface area contributed by atoms with Crippen molar-refractivity contribution in [2.45, 2.75) is 31.1 Å². The molecule has 1 N–H and O–H groups in total. The number of carboxylic acid groups (broad SMARTS) is 1. The Morgan fingerprint density at radius 1 is 1.33 bits per heavy atom. The van der Waals surface area contributed by atoms with Crippen LogP contribution in [0.2, 0.25) is 0 Å². The fraction of sp³-hybridized carbons (Fsp3) is 0.533. The lowest BCUT2D eigenvalue weighted by atomic mass is 9.64. The molecule has 21 heavy (non-hydrogen) atoms. The summed E-state index contributed by atoms with van der Waals surface area (Å²) < 4.78 is 17.7. The molecule has 1 aromatic carbocycles. The Balaban J connectivity index is 2.25. The summed E-state index contributed by atoms with van der Waals surface area (Å²) in [6.45, 7) is 1.08. The summed E-state index contributed by atoms with van der Waals surface area (Å²) in [5.41, 5.74) is -0.331. The van der Waals surface area contributed by atoms with E-state index in [0.717, 1.165) is 12.8 Å². The number of fused-ring (bicyclic) bond motifs is 1. The van der Waals surface area contributed by atoms with Gasteiger partial charge in [-0.1, -0.05) is 6.42 Å². The first-order chi connectivity index (χ1) is 10.1. The minimum atomic E-state index is -0.938. The lowest BCUT2D eigenvalue weighted by molar-refractivity contribution is -0.147. The van der Waals surface area contributed by atoms with Gasteiger partial charge in [-0.15, -0.1) is 0 Å². The van der Waals surface area contributed by atoms with Gasteiger partial charge in [0.25, 0.3) is 0 Å². The average molecular weight is 357 g/mol. The standard InChI is InChI=1S/C15H17BrO5/c1-19-12-9(16)8-10-13(21-7-3-6-20-10)11(12)15(14(17)18)4-2-5-15/h8H,2-7H2,1H3,(H,17,18). The molecule has 0 bridgehead atoms. The largest absolute Gasteiger partial charge is 0.495 e. The van der Waals surface area contributed by atoms with Crippen LogP contribution in [0.15, 0.2) is 10.5 Å². The number of carboxylic acids is 1. The molecule has 0 spiro atoms. The Morgan fingerprint density at radius 3 is 2.62 bits per heavy atom. The summed E-state index contributed by atoms with van der Waals surface area (Å²) in [5.74, 6) is 0.805. The van der Waals surface area contributed by atoms with Crippen LogP contribution in [0.5, 0.6) is 17.2 Å². The minimum Gasteiger partial charge on any atom is -0.495 e. The fourth-order valence-electron chi connectivity index (χ4n) is 2.99. The zero-order chi connectivity index (χ0) is 15.0. The van der Waals surface area contributed by atoms with Gasteiger partial charge in [-0.05, 0) is 28.8 Å². The van der Waals surface area contributed by atoms with E-state index in [2.05, 4.69) is 15.9 Å². The first-order valence-electron chi connectivity index (χ1n) is 7.00. The van der Waals surface area contributed by atoms with Crippen molar-refractivity contribution in [2.75, 3.05) is 20.3 Å². The monoisotopic (exact) mass is 356 g/mol. The molecule has 2 aliphatic rings. The van der Waals surface area contributed by atoms with Crippen molar-refractivity contribution in [1.82, 2.24) is 0 Å². The molecule has 0 radical (unpaired) electrons. The number of methoxy groups -OCH3 is 1. The molecule has 1 fully saturated rings. The summed E-state index contributed by atoms with van der Waals surface area (Å²) in [6, 6.07) is 1.79. The van der Waals surface area contributed by atoms with Crippen molar-refractivity contribution < 1.29 is 24.1 Å². The molecule has 6 heteroatoms. The van der Waals surface area contributed by atoms with Crippen LogP contribution in [-0.2, 0) is 10.2 Å². The Hall–Kier alpha value is -1.43. The zero-order valence-corrected chi connectivity index (χ0v) is 13.4. The van der Waals surface area contributed by atoms with Crippen LogP contribution in [0.25, 0.3) is 0 Å². The molecular formula is C15H17BrO5. The van der Waals surface area contributed by atoms with E-state index in [0.29, 0.717) is 53.3 Å². The van der Waals surface area contributed by atoms with E-state index in [1.165, 1.54) is 0 Å². The molecule has 0 aromatic heterocycles. The Morgan fingerprint density at radius 2 is 2.05 bits per heavy atom. The van der Waals surface area contributed by atoms with Gasteiger partial charge in [0.1, 0.15) is 11.2 Å². The van der Waals surface area contributed by atoms with Gasteiger partial charge in [0.2, 0.25) is 0 Å². The Labute approximate surface area is 131 Å². The normalized spacial score (nSPS) is 19.3. The molecule has 1 aromatic rings. The lowest BCUT2D eigenvalue weighted by Crippen LogP contribution is -2.43. The molecule has 0 saturated heterocycles. The third kappa shape index (κ3) is 2.16. The van der Waals surface area contributed by atoms with E-state index < -0.39 is 11.4 Å². The summed E-state index contributed by atoms with van der Waals surface area (Å²) in [7, 11) is 1.54. The van der Waals surface area contributed by atoms with Gasteiger partial charge >= 0.3 is 5.97 Å². The van der Waals surface area contributed by atoms with Crippen molar-refractivity contribution in [3.05, 3.63) is 16.1 Å². The molecule has 1 heterocycles. The van der Waals surface area contributed by atoms with Crippen molar-refractivity contribution in [3.63, 3.8) is 0 Å². The van der Waals surface area contributed by atoms with Crippen molar-refractivity contribution >= 4 is 21.9 Å². The van der Waals surface area contributed by atoms with E-state index >= 15 is 0 Å². The smallest absolute Gasteiger partial charge is 0.314 e. The van der Waals surface area contributed by atoms with Crippen LogP contribution in [0.3, 0.4) is 0 Å². The molecule has 114 valence electrons. The fourth-order valence-corrected chi connectivity index (χ4v) is 3.56. The molecule has 3 rings (SSSR count). The molecule has 1 aliphatic carbocycles. The minimum absolute atomic E-state index is 0.514. The molecular weight excluding hydrogens is 340 g/mol. The number of hydrogen-bond acceptors (Lipinski definition) is 4. The van der Waals surface area contributed by atoms with E-state index in [-0.39, 0.29) is 0 Å². The topological polar surface area (TPSA) is 65.0 Å². The van der Waals surface area contributed by atoms with Crippen LogP contribution in [0, 0.1) is 0 Å². The average Bonchev–Trinajstić information content (AvgIpc) is 2.61. The van der Waals surface area contributed by atoms with Gasteiger partial charge in [-0.25, -0.2) is 0 Å². The number of ether oxygens (including phenoxy) is 3. The van der Waals surface area contributed by atoms with Crippen molar-refractivity contribution in [3.8, 4) is 17.2 Å². The predicted molar refractivity (Wildman–Crippen MR) is 79.5 cm³/mol. The maximum Gasteiger partial charge on any atom is 0.314 e. The zero-order valence-electron chi connectivity index (χ0n) is 11.8. The number of halogens is 1. The Kier molecular flexibility index (Phi) is 3.73. The Bertz CT molecular complexity index is 580. The van der Waals surface area contributed by atoms with Gasteiger partial charge in [-0.3, -0.25) is 4.79 Å². The SMILES string of the molecule is COc1c(Br)cc2c(c1C1(C(=O)O)CCC1)OCCCO2. The molecule has 1 aliphatic heterocycles. The molecule has 0 atom stereocenters. The van der Waals surface area contributed by atoms with Crippen LogP contribution in [-0.4, -0.2) is 31.4 Å². The third-order valence-electron chi connectivity index (χ3n) is 4.24. The number of hydrogen-bond donors (Lipinski definition) is 1. The number of rotatable bonds is 3. The van der Waals surface area contributed by atoms with E-state index in [1.54, 1.807) is 13.2 Å². The number of aliphatic carboxylic acids is 1. The highest BCUT2D eigenvalue weighted by Gasteiger charge is 2.51. The van der Waals surface area contributed by atoms with E-state index in [1.807, 2.05) is 0 Å². The predicted octanol–water partition coefficient (Wildman–Crippen LogP) is 3.13. The first kappa shape index (κ1) is 14.5. The van der Waals surface area contributed by atoms with E-state index in [9.17, 15) is 9.90 Å². The van der Waals surface area contributed by atoms with Crippen LogP contribution < -0.4 is 14.2 Å². The first-order valence-corrected chi connectivity index (χ1v) is 7.79. The summed E-state index contributed by atoms with van der Waals surface area (Å²) in [5, 5.41) is 9.75. The highest BCUT2D eigenvalue weighted by atomic mass is 79.9. The second kappa shape index (κ2) is 5.40. The second-order valence-electron chi connectivity index (χ2n) is 5.39. The van der Waals surface area contributed by atoms with Crippen molar-refractivity contribution in [1.29, 1.82) is 0 Å². The van der Waals surface area contributed by atoms with Crippen LogP contribution in [0.4, 0.5) is 0 Å². The summed E-state index contributed by atoms with van der Waals surface area (Å²) in [6.07, 6.45) is 2.83. The second-order valence-corrected chi connectivity index (χ2v) is 6.24.